The molecule has 6 N–H and O–H groups in total. The third-order valence-corrected chi connectivity index (χ3v) is 7.16. The molecule has 5 rings (SSSR count). The molecule has 4 aromatic rings. The summed E-state index contributed by atoms with van der Waals surface area (Å²) in [4.78, 5) is 12.1. The number of pyridine rings is 1. The Morgan fingerprint density at radius 3 is 2.42 bits per heavy atom. The fourth-order valence-electron chi connectivity index (χ4n) is 5.14. The van der Waals surface area contributed by atoms with Crippen LogP contribution in [0, 0.1) is 0 Å². The molecule has 1 fully saturated rings. The van der Waals surface area contributed by atoms with E-state index in [1.165, 1.54) is 0 Å². The number of allylic oxidation sites excluding steroid dienone is 1. The van der Waals surface area contributed by atoms with Crippen molar-refractivity contribution in [1.29, 1.82) is 0 Å². The molecule has 1 saturated heterocycles. The molecule has 0 aliphatic carbocycles. The van der Waals surface area contributed by atoms with Gasteiger partial charge in [0, 0.05) is 59.6 Å². The maximum absolute atomic E-state index is 6.69. The molecule has 0 spiro atoms. The molecule has 1 aromatic carbocycles. The Morgan fingerprint density at radius 1 is 1.05 bits per heavy atom. The quantitative estimate of drug-likeness (QED) is 0.146. The molecular formula is C29H33N9. The number of anilines is 1. The number of benzene rings is 1. The van der Waals surface area contributed by atoms with Gasteiger partial charge in [0.15, 0.2) is 5.65 Å². The Morgan fingerprint density at radius 2 is 1.79 bits per heavy atom. The van der Waals surface area contributed by atoms with E-state index in [0.717, 1.165) is 76.5 Å². The van der Waals surface area contributed by atoms with Crippen LogP contribution in [0.1, 0.15) is 43.4 Å². The summed E-state index contributed by atoms with van der Waals surface area (Å²) in [5, 5.41) is 8.15. The second-order valence-corrected chi connectivity index (χ2v) is 9.75. The van der Waals surface area contributed by atoms with Crippen molar-refractivity contribution < 1.29 is 0 Å². The van der Waals surface area contributed by atoms with Crippen molar-refractivity contribution in [3.8, 4) is 22.4 Å². The van der Waals surface area contributed by atoms with Crippen molar-refractivity contribution in [3.05, 3.63) is 85.0 Å². The zero-order valence-electron chi connectivity index (χ0n) is 21.6. The number of hydrazone groups is 1. The lowest BCUT2D eigenvalue weighted by Gasteiger charge is -2.35. The first-order valence-electron chi connectivity index (χ1n) is 12.7. The lowest BCUT2D eigenvalue weighted by molar-refractivity contribution is 0.259. The molecule has 0 amide bonds. The van der Waals surface area contributed by atoms with Crippen molar-refractivity contribution in [2.75, 3.05) is 18.8 Å². The smallest absolute Gasteiger partial charge is 0.165 e. The predicted molar refractivity (Wildman–Crippen MR) is 154 cm³/mol. The standard InChI is InChI=1S/C29H33N9/c1-18(2)26-27(21-11-13-37(14-12-21)19(3)15-25(30)36-32)35-29-23(17-34-38(29)28(26)31)22-9-10-24(33-16-22)20-7-5-4-6-8-20/h4-10,16-17,21H,1,3,11-15,31-32H2,2H3,(H2,30,36). The monoisotopic (exact) mass is 507 g/mol. The van der Waals surface area contributed by atoms with Crippen LogP contribution in [0.3, 0.4) is 0 Å². The number of fused-ring (bicyclic) bond motifs is 1. The van der Waals surface area contributed by atoms with Gasteiger partial charge < -0.3 is 22.2 Å². The van der Waals surface area contributed by atoms with E-state index in [0.29, 0.717) is 18.1 Å². The number of nitrogens with zero attached hydrogens (tertiary/aromatic N) is 6. The lowest BCUT2D eigenvalue weighted by atomic mass is 9.88. The van der Waals surface area contributed by atoms with E-state index in [-0.39, 0.29) is 5.92 Å². The van der Waals surface area contributed by atoms with Gasteiger partial charge in [-0.1, -0.05) is 49.6 Å². The van der Waals surface area contributed by atoms with Crippen LogP contribution in [0.25, 0.3) is 33.6 Å². The van der Waals surface area contributed by atoms with E-state index >= 15 is 0 Å². The zero-order chi connectivity index (χ0) is 26.8. The van der Waals surface area contributed by atoms with Crippen LogP contribution >= 0.6 is 0 Å². The first kappa shape index (κ1) is 25.0. The Bertz CT molecular complexity index is 1510. The van der Waals surface area contributed by atoms with Crippen LogP contribution in [0.4, 0.5) is 5.82 Å². The summed E-state index contributed by atoms with van der Waals surface area (Å²) in [6.45, 7) is 12.0. The highest BCUT2D eigenvalue weighted by molar-refractivity contribution is 5.83. The van der Waals surface area contributed by atoms with Gasteiger partial charge in [-0.05, 0) is 31.4 Å². The normalized spacial score (nSPS) is 14.7. The number of amidine groups is 1. The average molecular weight is 508 g/mol. The largest absolute Gasteiger partial charge is 0.385 e. The first-order valence-corrected chi connectivity index (χ1v) is 12.7. The summed E-state index contributed by atoms with van der Waals surface area (Å²) in [6.07, 6.45) is 5.94. The maximum Gasteiger partial charge on any atom is 0.165 e. The molecule has 1 aliphatic heterocycles. The number of nitrogen functional groups attached to an aromatic ring is 1. The van der Waals surface area contributed by atoms with Gasteiger partial charge >= 0.3 is 0 Å². The predicted octanol–water partition coefficient (Wildman–Crippen LogP) is 4.39. The molecule has 0 atom stereocenters. The summed E-state index contributed by atoms with van der Waals surface area (Å²) < 4.78 is 1.71. The van der Waals surface area contributed by atoms with Gasteiger partial charge in [-0.15, -0.1) is 0 Å². The second-order valence-electron chi connectivity index (χ2n) is 9.75. The number of aromatic nitrogens is 4. The van der Waals surface area contributed by atoms with Gasteiger partial charge in [-0.25, -0.2) is 4.98 Å². The number of hydrogen-bond acceptors (Lipinski definition) is 7. The molecule has 0 radical (unpaired) electrons. The molecular weight excluding hydrogens is 474 g/mol. The lowest BCUT2D eigenvalue weighted by Crippen LogP contribution is -2.34. The van der Waals surface area contributed by atoms with E-state index in [1.54, 1.807) is 10.7 Å². The van der Waals surface area contributed by atoms with Gasteiger partial charge in [0.1, 0.15) is 11.7 Å². The highest BCUT2D eigenvalue weighted by Gasteiger charge is 2.28. The number of likely N-dealkylation sites (tertiary alicyclic amines) is 1. The number of nitrogens with two attached hydrogens (primary N) is 3. The third kappa shape index (κ3) is 4.70. The highest BCUT2D eigenvalue weighted by Crippen LogP contribution is 2.37. The molecule has 4 heterocycles. The molecule has 9 heteroatoms. The van der Waals surface area contributed by atoms with Crippen LogP contribution in [0.15, 0.2) is 78.8 Å². The zero-order valence-corrected chi connectivity index (χ0v) is 21.6. The Hall–Kier alpha value is -4.66. The number of rotatable bonds is 7. The SMILES string of the molecule is C=C(C)c1c(C2CCN(C(=C)C/C(N)=N/N)CC2)nc2c(-c3ccc(-c4ccccc4)nc3)cnn2c1N. The molecule has 0 bridgehead atoms. The van der Waals surface area contributed by atoms with Crippen molar-refractivity contribution in [2.45, 2.75) is 32.1 Å². The van der Waals surface area contributed by atoms with Crippen molar-refractivity contribution in [3.63, 3.8) is 0 Å². The van der Waals surface area contributed by atoms with Crippen molar-refractivity contribution in [2.24, 2.45) is 16.7 Å². The van der Waals surface area contributed by atoms with Crippen LogP contribution in [0.5, 0.6) is 0 Å². The minimum absolute atomic E-state index is 0.222. The average Bonchev–Trinajstić information content (AvgIpc) is 3.37. The highest BCUT2D eigenvalue weighted by atomic mass is 15.3. The second kappa shape index (κ2) is 10.4. The molecule has 0 unspecified atom stereocenters. The fourth-order valence-corrected chi connectivity index (χ4v) is 5.14. The third-order valence-electron chi connectivity index (χ3n) is 7.16. The fraction of sp³-hybridized carbons (Fsp3) is 0.241. The number of hydrogen-bond donors (Lipinski definition) is 3. The van der Waals surface area contributed by atoms with E-state index in [2.05, 4.69) is 34.3 Å². The van der Waals surface area contributed by atoms with Gasteiger partial charge in [0.25, 0.3) is 0 Å². The topological polar surface area (TPSA) is 137 Å². The summed E-state index contributed by atoms with van der Waals surface area (Å²) in [6, 6.07) is 14.2. The summed E-state index contributed by atoms with van der Waals surface area (Å²) in [5.41, 5.74) is 20.6. The minimum atomic E-state index is 0.222. The molecule has 0 saturated carbocycles. The molecule has 1 aliphatic rings. The number of piperidine rings is 1. The van der Waals surface area contributed by atoms with E-state index in [4.69, 9.17) is 27.3 Å². The van der Waals surface area contributed by atoms with Crippen LogP contribution in [-0.4, -0.2) is 43.4 Å². The van der Waals surface area contributed by atoms with Crippen LogP contribution < -0.4 is 17.3 Å². The summed E-state index contributed by atoms with van der Waals surface area (Å²) >= 11 is 0. The van der Waals surface area contributed by atoms with Gasteiger partial charge in [0.05, 0.1) is 17.6 Å². The first-order chi connectivity index (χ1) is 18.4. The maximum atomic E-state index is 6.69. The van der Waals surface area contributed by atoms with E-state index in [9.17, 15) is 0 Å². The van der Waals surface area contributed by atoms with Gasteiger partial charge in [-0.3, -0.25) is 4.98 Å². The van der Waals surface area contributed by atoms with E-state index in [1.807, 2.05) is 49.5 Å². The van der Waals surface area contributed by atoms with Crippen molar-refractivity contribution in [1.82, 2.24) is 24.5 Å². The van der Waals surface area contributed by atoms with Crippen LogP contribution in [0.2, 0.25) is 0 Å². The minimum Gasteiger partial charge on any atom is -0.385 e. The Balaban J connectivity index is 1.47. The van der Waals surface area contributed by atoms with E-state index < -0.39 is 0 Å². The summed E-state index contributed by atoms with van der Waals surface area (Å²) in [7, 11) is 0. The van der Waals surface area contributed by atoms with Gasteiger partial charge in [0.2, 0.25) is 0 Å². The summed E-state index contributed by atoms with van der Waals surface area (Å²) in [5.74, 6) is 6.45. The Labute approximate surface area is 222 Å². The van der Waals surface area contributed by atoms with Crippen molar-refractivity contribution >= 4 is 22.9 Å². The Kier molecular flexibility index (Phi) is 6.83. The van der Waals surface area contributed by atoms with Gasteiger partial charge in [-0.2, -0.15) is 14.7 Å². The van der Waals surface area contributed by atoms with Crippen LogP contribution in [-0.2, 0) is 0 Å². The molecule has 3 aromatic heterocycles. The molecule has 194 valence electrons. The molecule has 38 heavy (non-hydrogen) atoms. The molecule has 9 nitrogen and oxygen atoms in total.